The van der Waals surface area contributed by atoms with Gasteiger partial charge in [-0.05, 0) is 72.8 Å². The van der Waals surface area contributed by atoms with Gasteiger partial charge in [0.15, 0.2) is 0 Å². The first kappa shape index (κ1) is 15.7. The van der Waals surface area contributed by atoms with Crippen LogP contribution in [0.5, 0.6) is 0 Å². The van der Waals surface area contributed by atoms with Crippen LogP contribution < -0.4 is 0 Å². The Bertz CT molecular complexity index is 990. The normalized spacial score (nSPS) is 12.2. The van der Waals surface area contributed by atoms with Gasteiger partial charge in [-0.3, -0.25) is 0 Å². The summed E-state index contributed by atoms with van der Waals surface area (Å²) < 4.78 is 0. The minimum atomic E-state index is 0. The molecule has 0 unspecified atom stereocenters. The van der Waals surface area contributed by atoms with Gasteiger partial charge in [-0.25, -0.2) is 9.97 Å². The van der Waals surface area contributed by atoms with E-state index in [0.717, 1.165) is 44.8 Å². The number of nitrogens with one attached hydrogen (secondary N) is 2. The molecule has 0 aromatic carbocycles. The second-order valence-corrected chi connectivity index (χ2v) is 5.91. The van der Waals surface area contributed by atoms with Gasteiger partial charge in [-0.2, -0.15) is 0 Å². The fourth-order valence-corrected chi connectivity index (χ4v) is 2.94. The van der Waals surface area contributed by atoms with Gasteiger partial charge in [-0.15, -0.1) is 0 Å². The van der Waals surface area contributed by atoms with Crippen LogP contribution in [0.25, 0.3) is 46.4 Å². The average Bonchev–Trinajstić information content (AvgIpc) is 3.32. The minimum absolute atomic E-state index is 0. The third kappa shape index (κ3) is 3.24. The van der Waals surface area contributed by atoms with E-state index in [0.29, 0.717) is 0 Å². The molecule has 0 spiro atoms. The molecule has 5 heterocycles. The van der Waals surface area contributed by atoms with Crippen LogP contribution in [0.4, 0.5) is 0 Å². The number of hydrogen-bond acceptors (Lipinski definition) is 2. The number of nitrogens with zero attached hydrogens (tertiary/aromatic N) is 2. The van der Waals surface area contributed by atoms with Gasteiger partial charge in [-0.1, -0.05) is 0 Å². The molecule has 0 saturated heterocycles. The van der Waals surface area contributed by atoms with E-state index in [1.807, 2.05) is 48.6 Å². The van der Waals surface area contributed by atoms with Crippen LogP contribution in [-0.2, 0) is 19.5 Å². The summed E-state index contributed by atoms with van der Waals surface area (Å²) in [7, 11) is 0. The van der Waals surface area contributed by atoms with E-state index in [9.17, 15) is 0 Å². The molecule has 0 radical (unpaired) electrons. The van der Waals surface area contributed by atoms with Crippen molar-refractivity contribution in [2.45, 2.75) is 0 Å². The number of rotatable bonds is 0. The molecule has 5 heteroatoms. The first-order valence-electron chi connectivity index (χ1n) is 7.85. The van der Waals surface area contributed by atoms with Crippen LogP contribution >= 0.6 is 0 Å². The Kier molecular flexibility index (Phi) is 3.94. The van der Waals surface area contributed by atoms with E-state index in [1.54, 1.807) is 0 Å². The van der Waals surface area contributed by atoms with Crippen molar-refractivity contribution in [1.29, 1.82) is 0 Å². The summed E-state index contributed by atoms with van der Waals surface area (Å²) in [4.78, 5) is 16.0. The monoisotopic (exact) mass is 374 g/mol. The van der Waals surface area contributed by atoms with E-state index >= 15 is 0 Å². The van der Waals surface area contributed by atoms with Crippen LogP contribution in [0, 0.1) is 0 Å². The number of fused-ring (bicyclic) bond motifs is 8. The van der Waals surface area contributed by atoms with Crippen molar-refractivity contribution in [3.8, 4) is 0 Å². The molecule has 3 aromatic rings. The molecule has 0 fully saturated rings. The summed E-state index contributed by atoms with van der Waals surface area (Å²) in [5.41, 5.74) is 7.86. The van der Waals surface area contributed by atoms with Crippen LogP contribution in [0.2, 0.25) is 0 Å². The van der Waals surface area contributed by atoms with Crippen molar-refractivity contribution in [3.63, 3.8) is 0 Å². The van der Waals surface area contributed by atoms with E-state index in [1.165, 1.54) is 0 Å². The first-order valence-corrected chi connectivity index (χ1v) is 7.85. The number of H-pyrrole nitrogens is 2. The summed E-state index contributed by atoms with van der Waals surface area (Å²) in [6.45, 7) is 0. The Morgan fingerprint density at radius 2 is 0.760 bits per heavy atom. The second kappa shape index (κ2) is 6.26. The predicted molar refractivity (Wildman–Crippen MR) is 98.9 cm³/mol. The van der Waals surface area contributed by atoms with Crippen LogP contribution in [-0.4, -0.2) is 19.9 Å². The summed E-state index contributed by atoms with van der Waals surface area (Å²) in [5, 5.41) is 0. The van der Waals surface area contributed by atoms with E-state index in [-0.39, 0.29) is 19.5 Å². The summed E-state index contributed by atoms with van der Waals surface area (Å²) in [6.07, 6.45) is 8.09. The van der Waals surface area contributed by atoms with Crippen molar-refractivity contribution in [2.75, 3.05) is 0 Å². The second-order valence-electron chi connectivity index (χ2n) is 5.91. The number of aromatic nitrogens is 4. The van der Waals surface area contributed by atoms with Crippen molar-refractivity contribution in [3.05, 3.63) is 71.3 Å². The summed E-state index contributed by atoms with van der Waals surface area (Å²) >= 11 is 0. The quantitative estimate of drug-likeness (QED) is 0.387. The molecular formula is C20H14N4Zn. The Labute approximate surface area is 157 Å². The van der Waals surface area contributed by atoms with Crippen molar-refractivity contribution in [2.24, 2.45) is 0 Å². The molecule has 25 heavy (non-hydrogen) atoms. The smallest absolute Gasteiger partial charge is 0.0658 e. The Hall–Kier alpha value is -2.78. The maximum atomic E-state index is 4.63. The van der Waals surface area contributed by atoms with Gasteiger partial charge in [0.25, 0.3) is 0 Å². The predicted octanol–water partition coefficient (Wildman–Crippen LogP) is 4.65. The van der Waals surface area contributed by atoms with Gasteiger partial charge in [0.05, 0.1) is 22.8 Å². The molecule has 0 aliphatic carbocycles. The Morgan fingerprint density at radius 1 is 0.480 bits per heavy atom. The molecule has 116 valence electrons. The zero-order chi connectivity index (χ0) is 15.9. The number of hydrogen-bond donors (Lipinski definition) is 2. The third-order valence-corrected chi connectivity index (χ3v) is 4.04. The standard InChI is InChI=1S/C20H14N4.Zn/c1-2-14-10-16-5-6-18(23-16)12-20-8-7-19(24-20)11-17-4-3-15(22-17)9-13(1)21-14;/h1-12,21,24H;. The van der Waals surface area contributed by atoms with E-state index in [4.69, 9.17) is 0 Å². The fourth-order valence-electron chi connectivity index (χ4n) is 2.94. The van der Waals surface area contributed by atoms with Gasteiger partial charge < -0.3 is 9.97 Å². The Balaban J connectivity index is 0.00000157. The van der Waals surface area contributed by atoms with Crippen LogP contribution in [0.1, 0.15) is 22.8 Å². The van der Waals surface area contributed by atoms with Crippen molar-refractivity contribution >= 4 is 46.4 Å². The van der Waals surface area contributed by atoms with Crippen molar-refractivity contribution in [1.82, 2.24) is 19.9 Å². The SMILES string of the molecule is C1=Cc2cc3ccc(cc4nc(cc5ccc(cc1n2)[nH]5)C=C4)[nH]3.[Zn]. The van der Waals surface area contributed by atoms with Gasteiger partial charge in [0, 0.05) is 41.5 Å². The Morgan fingerprint density at radius 3 is 1.04 bits per heavy atom. The number of aromatic amines is 2. The average molecular weight is 376 g/mol. The molecular weight excluding hydrogens is 362 g/mol. The zero-order valence-electron chi connectivity index (χ0n) is 13.5. The topological polar surface area (TPSA) is 57.4 Å². The van der Waals surface area contributed by atoms with Crippen molar-refractivity contribution < 1.29 is 19.5 Å². The molecule has 5 rings (SSSR count). The summed E-state index contributed by atoms with van der Waals surface area (Å²) in [5.74, 6) is 0. The van der Waals surface area contributed by atoms with Gasteiger partial charge in [0.2, 0.25) is 0 Å². The molecule has 0 saturated carbocycles. The largest absolute Gasteiger partial charge is 0.355 e. The molecule has 0 amide bonds. The van der Waals surface area contributed by atoms with E-state index < -0.39 is 0 Å². The minimum Gasteiger partial charge on any atom is -0.355 e. The molecule has 3 aromatic heterocycles. The van der Waals surface area contributed by atoms with Gasteiger partial charge >= 0.3 is 0 Å². The van der Waals surface area contributed by atoms with Crippen LogP contribution in [0.3, 0.4) is 0 Å². The first-order chi connectivity index (χ1) is 11.8. The molecule has 2 aliphatic rings. The molecule has 2 N–H and O–H groups in total. The maximum Gasteiger partial charge on any atom is 0.0658 e. The van der Waals surface area contributed by atoms with E-state index in [2.05, 4.69) is 44.2 Å². The maximum absolute atomic E-state index is 4.63. The fraction of sp³-hybridized carbons (Fsp3) is 0. The molecule has 4 nitrogen and oxygen atoms in total. The molecule has 8 bridgehead atoms. The third-order valence-electron chi connectivity index (χ3n) is 4.04. The molecule has 2 aliphatic heterocycles. The zero-order valence-corrected chi connectivity index (χ0v) is 16.5. The van der Waals surface area contributed by atoms with Gasteiger partial charge in [0.1, 0.15) is 0 Å². The molecule has 0 atom stereocenters. The van der Waals surface area contributed by atoms with Crippen LogP contribution in [0.15, 0.2) is 48.5 Å². The summed E-state index contributed by atoms with van der Waals surface area (Å²) in [6, 6.07) is 16.4.